The van der Waals surface area contributed by atoms with Crippen molar-refractivity contribution in [2.24, 2.45) is 15.9 Å². The van der Waals surface area contributed by atoms with E-state index in [2.05, 4.69) is 241 Å². The van der Waals surface area contributed by atoms with Gasteiger partial charge < -0.3 is 15.1 Å². The first-order valence-electron chi connectivity index (χ1n) is 23.7. The van der Waals surface area contributed by atoms with Gasteiger partial charge in [-0.15, -0.1) is 0 Å². The smallest absolute Gasteiger partial charge is 0.159 e. The monoisotopic (exact) mass is 863 g/mol. The molecule has 0 radical (unpaired) electrons. The van der Waals surface area contributed by atoms with Crippen LogP contribution in [-0.2, 0) is 5.41 Å². The first-order valence-corrected chi connectivity index (χ1v) is 23.7. The molecule has 3 aliphatic carbocycles. The summed E-state index contributed by atoms with van der Waals surface area (Å²) in [6.45, 7) is 4.81. The summed E-state index contributed by atoms with van der Waals surface area (Å²) in [4.78, 5) is 15.8. The number of para-hydroxylation sites is 2. The summed E-state index contributed by atoms with van der Waals surface area (Å²) in [5.41, 5.74) is 20.7. The zero-order chi connectivity index (χ0) is 44.6. The van der Waals surface area contributed by atoms with E-state index in [1.165, 1.54) is 55.9 Å². The minimum Gasteiger partial charge on any atom is -0.344 e. The maximum absolute atomic E-state index is 5.33. The standard InChI is InChI=1S/C62H49N5/c1-62(2)52-31-13-9-27-47(52)48-36-35-46(39-53(48)62)67-55-33-15-11-29-50(55)57-49-28-10-14-32-54(49)66(56-34-16-12-30-51(56)58(57)67)45-26-18-25-44(38-45)61-64-59(41-21-7-4-8-22-41)63-60(65-61)43-24-17-23-42(37-43)40-19-5-3-6-20-40/h3-8,10-26,28-39,50,55,59H,9,27H2,1-2H3,(H,63,64,65). The molecule has 5 nitrogen and oxygen atoms in total. The van der Waals surface area contributed by atoms with E-state index in [0.717, 1.165) is 58.0 Å². The highest BCUT2D eigenvalue weighted by Crippen LogP contribution is 2.58. The van der Waals surface area contributed by atoms with Crippen LogP contribution in [0.15, 0.2) is 228 Å². The van der Waals surface area contributed by atoms with Gasteiger partial charge in [0.25, 0.3) is 0 Å². The molecule has 1 N–H and O–H groups in total. The highest BCUT2D eigenvalue weighted by Gasteiger charge is 2.45. The normalized spacial score (nSPS) is 20.5. The Morgan fingerprint density at radius 2 is 1.30 bits per heavy atom. The van der Waals surface area contributed by atoms with Crippen molar-refractivity contribution in [1.82, 2.24) is 5.32 Å². The lowest BCUT2D eigenvalue weighted by Crippen LogP contribution is -2.33. The van der Waals surface area contributed by atoms with Crippen molar-refractivity contribution in [1.29, 1.82) is 0 Å². The van der Waals surface area contributed by atoms with Crippen LogP contribution >= 0.6 is 0 Å². The summed E-state index contributed by atoms with van der Waals surface area (Å²) in [5.74, 6) is 1.63. The summed E-state index contributed by atoms with van der Waals surface area (Å²) in [7, 11) is 0. The molecule has 67 heavy (non-hydrogen) atoms. The lowest BCUT2D eigenvalue weighted by atomic mass is 9.80. The van der Waals surface area contributed by atoms with Gasteiger partial charge in [-0.25, -0.2) is 9.98 Å². The Kier molecular flexibility index (Phi) is 9.14. The summed E-state index contributed by atoms with van der Waals surface area (Å²) >= 11 is 0. The SMILES string of the molecule is CC1(C)C2=C(CCC=C2)c2ccc(N3C4=C(c5ccccc5N(c5cccc(C6=NC(c7ccccc7)NC(c7cccc(-c8ccccc8)c7)=N6)c5)c5ccccc54)C4C=CC=CC43)cc21. The Bertz CT molecular complexity index is 3380. The summed E-state index contributed by atoms with van der Waals surface area (Å²) in [6.07, 6.45) is 15.9. The number of anilines is 4. The average molecular weight is 864 g/mol. The fourth-order valence-electron chi connectivity index (χ4n) is 11.5. The molecule has 3 atom stereocenters. The van der Waals surface area contributed by atoms with Gasteiger partial charge in [0, 0.05) is 45.0 Å². The minimum absolute atomic E-state index is 0.0666. The van der Waals surface area contributed by atoms with Crippen LogP contribution in [0, 0.1) is 5.92 Å². The Morgan fingerprint density at radius 1 is 0.597 bits per heavy atom. The Balaban J connectivity index is 0.949. The topological polar surface area (TPSA) is 43.2 Å². The number of nitrogens with zero attached hydrogens (tertiary/aromatic N) is 4. The summed E-state index contributed by atoms with van der Waals surface area (Å²) in [6, 6.07) is 63.8. The predicted octanol–water partition coefficient (Wildman–Crippen LogP) is 14.5. The van der Waals surface area contributed by atoms with Gasteiger partial charge in [0.1, 0.15) is 12.0 Å². The van der Waals surface area contributed by atoms with Crippen LogP contribution in [0.3, 0.4) is 0 Å². The van der Waals surface area contributed by atoms with E-state index < -0.39 is 0 Å². The van der Waals surface area contributed by atoms with E-state index in [9.17, 15) is 0 Å². The van der Waals surface area contributed by atoms with Gasteiger partial charge in [0.05, 0.1) is 23.1 Å². The van der Waals surface area contributed by atoms with E-state index >= 15 is 0 Å². The molecule has 0 spiro atoms. The number of hydrogen-bond donors (Lipinski definition) is 1. The fraction of sp³-hybridized carbons (Fsp3) is 0.129. The van der Waals surface area contributed by atoms with Crippen LogP contribution in [0.4, 0.5) is 22.7 Å². The second kappa shape index (κ2) is 15.6. The molecule has 6 aliphatic rings. The van der Waals surface area contributed by atoms with Gasteiger partial charge in [0.2, 0.25) is 0 Å². The van der Waals surface area contributed by atoms with Crippen molar-refractivity contribution in [3.05, 3.63) is 257 Å². The third-order valence-corrected chi connectivity index (χ3v) is 14.7. The molecule has 0 aromatic heterocycles. The Labute approximate surface area is 392 Å². The number of benzene rings is 7. The average Bonchev–Trinajstić information content (AvgIpc) is 3.80. The van der Waals surface area contributed by atoms with Crippen LogP contribution < -0.4 is 15.1 Å². The van der Waals surface area contributed by atoms with Crippen molar-refractivity contribution in [3.8, 4) is 11.1 Å². The maximum Gasteiger partial charge on any atom is 0.159 e. The zero-order valence-corrected chi connectivity index (χ0v) is 37.6. The van der Waals surface area contributed by atoms with Crippen LogP contribution in [0.2, 0.25) is 0 Å². The van der Waals surface area contributed by atoms with Crippen molar-refractivity contribution < 1.29 is 0 Å². The van der Waals surface area contributed by atoms with Crippen molar-refractivity contribution in [2.75, 3.05) is 9.80 Å². The van der Waals surface area contributed by atoms with Crippen LogP contribution in [0.1, 0.15) is 71.8 Å². The van der Waals surface area contributed by atoms with E-state index in [-0.39, 0.29) is 23.5 Å². The molecule has 3 unspecified atom stereocenters. The fourth-order valence-corrected chi connectivity index (χ4v) is 11.5. The number of hydrogen-bond acceptors (Lipinski definition) is 5. The van der Waals surface area contributed by atoms with Gasteiger partial charge in [-0.3, -0.25) is 0 Å². The molecule has 0 saturated heterocycles. The number of rotatable bonds is 6. The molecule has 322 valence electrons. The van der Waals surface area contributed by atoms with E-state index in [1.54, 1.807) is 0 Å². The first-order chi connectivity index (χ1) is 33.0. The van der Waals surface area contributed by atoms with Gasteiger partial charge >= 0.3 is 0 Å². The van der Waals surface area contributed by atoms with Crippen LogP contribution in [0.25, 0.3) is 28.0 Å². The summed E-state index contributed by atoms with van der Waals surface area (Å²) < 4.78 is 0. The predicted molar refractivity (Wildman–Crippen MR) is 278 cm³/mol. The highest BCUT2D eigenvalue weighted by molar-refractivity contribution is 6.14. The minimum atomic E-state index is -0.321. The third-order valence-electron chi connectivity index (χ3n) is 14.7. The molecule has 0 saturated carbocycles. The van der Waals surface area contributed by atoms with Crippen LogP contribution in [0.5, 0.6) is 0 Å². The van der Waals surface area contributed by atoms with E-state index in [4.69, 9.17) is 9.98 Å². The van der Waals surface area contributed by atoms with Crippen LogP contribution in [-0.4, -0.2) is 17.7 Å². The molecule has 7 aromatic rings. The number of fused-ring (bicyclic) bond motifs is 8. The first kappa shape index (κ1) is 39.4. The van der Waals surface area contributed by atoms with E-state index in [0.29, 0.717) is 5.84 Å². The quantitative estimate of drug-likeness (QED) is 0.181. The molecule has 5 heteroatoms. The number of aliphatic imine (C=N–C) groups is 2. The molecule has 0 fully saturated rings. The molecular formula is C62H49N5. The lowest BCUT2D eigenvalue weighted by Gasteiger charge is -2.35. The molecule has 13 rings (SSSR count). The molecule has 7 aromatic carbocycles. The number of nitrogens with one attached hydrogen (secondary N) is 1. The van der Waals surface area contributed by atoms with Crippen molar-refractivity contribution in [2.45, 2.75) is 44.3 Å². The third kappa shape index (κ3) is 6.36. The molecule has 3 aliphatic heterocycles. The van der Waals surface area contributed by atoms with Gasteiger partial charge in [-0.2, -0.15) is 0 Å². The van der Waals surface area contributed by atoms with E-state index in [1.807, 2.05) is 0 Å². The number of allylic oxidation sites excluding steroid dienone is 6. The molecule has 0 amide bonds. The second-order valence-electron chi connectivity index (χ2n) is 18.8. The largest absolute Gasteiger partial charge is 0.344 e. The Morgan fingerprint density at radius 3 is 2.15 bits per heavy atom. The zero-order valence-electron chi connectivity index (χ0n) is 37.6. The lowest BCUT2D eigenvalue weighted by molar-refractivity contribution is 0.650. The molecular weight excluding hydrogens is 815 g/mol. The number of amidine groups is 2. The van der Waals surface area contributed by atoms with Gasteiger partial charge in [0.15, 0.2) is 5.84 Å². The summed E-state index contributed by atoms with van der Waals surface area (Å²) in [5, 5.41) is 3.70. The van der Waals surface area contributed by atoms with Gasteiger partial charge in [-0.05, 0) is 99.8 Å². The van der Waals surface area contributed by atoms with Crippen molar-refractivity contribution in [3.63, 3.8) is 0 Å². The highest BCUT2D eigenvalue weighted by atomic mass is 15.2. The second-order valence-corrected chi connectivity index (χ2v) is 18.8. The van der Waals surface area contributed by atoms with Gasteiger partial charge in [-0.1, -0.05) is 184 Å². The maximum atomic E-state index is 5.33. The molecule has 0 bridgehead atoms. The van der Waals surface area contributed by atoms with Crippen molar-refractivity contribution >= 4 is 51.3 Å². The molecule has 3 heterocycles. The Hall–Kier alpha value is -8.02.